The number of halogens is 2. The van der Waals surface area contributed by atoms with Crippen molar-refractivity contribution >= 4 is 28.6 Å². The first kappa shape index (κ1) is 14.0. The van der Waals surface area contributed by atoms with Gasteiger partial charge in [-0.2, -0.15) is 0 Å². The first-order valence-corrected chi connectivity index (χ1v) is 7.47. The summed E-state index contributed by atoms with van der Waals surface area (Å²) in [6, 6.07) is 5.03. The molecule has 2 heterocycles. The molecule has 4 nitrogen and oxygen atoms in total. The monoisotopic (exact) mass is 322 g/mol. The predicted molar refractivity (Wildman–Crippen MR) is 82.7 cm³/mol. The lowest BCUT2D eigenvalue weighted by molar-refractivity contribution is 0.617. The molecule has 21 heavy (non-hydrogen) atoms. The third-order valence-electron chi connectivity index (χ3n) is 3.03. The fraction of sp³-hybridized carbons (Fsp3) is 0.143. The summed E-state index contributed by atoms with van der Waals surface area (Å²) in [5.41, 5.74) is 1.19. The maximum atomic E-state index is 14.2. The maximum Gasteiger partial charge on any atom is 0.183 e. The van der Waals surface area contributed by atoms with Gasteiger partial charge in [-0.25, -0.2) is 14.4 Å². The van der Waals surface area contributed by atoms with Crippen LogP contribution in [0.5, 0.6) is 0 Å². The summed E-state index contributed by atoms with van der Waals surface area (Å²) in [5, 5.41) is 3.15. The molecule has 0 aliphatic rings. The molecule has 1 aromatic carbocycles. The van der Waals surface area contributed by atoms with Crippen LogP contribution in [0.4, 0.5) is 10.1 Å². The Bertz CT molecular complexity index is 768. The van der Waals surface area contributed by atoms with E-state index in [4.69, 9.17) is 11.6 Å². The van der Waals surface area contributed by atoms with Gasteiger partial charge in [-0.15, -0.1) is 11.3 Å². The molecule has 0 saturated carbocycles. The SMILES string of the molecule is Cc1nccn1-c1ccc(NCc2cnc(Cl)s2)cc1F. The van der Waals surface area contributed by atoms with Gasteiger partial charge in [-0.3, -0.25) is 0 Å². The summed E-state index contributed by atoms with van der Waals surface area (Å²) in [6.07, 6.45) is 5.09. The molecule has 2 aromatic heterocycles. The summed E-state index contributed by atoms with van der Waals surface area (Å²) in [5.74, 6) is 0.442. The van der Waals surface area contributed by atoms with Gasteiger partial charge in [0.05, 0.1) is 12.2 Å². The van der Waals surface area contributed by atoms with Gasteiger partial charge >= 0.3 is 0 Å². The zero-order chi connectivity index (χ0) is 14.8. The first-order chi connectivity index (χ1) is 10.1. The van der Waals surface area contributed by atoms with Gasteiger partial charge in [0.15, 0.2) is 4.47 Å². The van der Waals surface area contributed by atoms with Gasteiger partial charge in [-0.1, -0.05) is 11.6 Å². The van der Waals surface area contributed by atoms with E-state index in [9.17, 15) is 4.39 Å². The Hall–Kier alpha value is -1.92. The maximum absolute atomic E-state index is 14.2. The number of rotatable bonds is 4. The highest BCUT2D eigenvalue weighted by atomic mass is 35.5. The minimum atomic E-state index is -0.302. The molecular weight excluding hydrogens is 311 g/mol. The lowest BCUT2D eigenvalue weighted by Crippen LogP contribution is -2.02. The van der Waals surface area contributed by atoms with Gasteiger partial charge in [0.25, 0.3) is 0 Å². The summed E-state index contributed by atoms with van der Waals surface area (Å²) in [4.78, 5) is 9.06. The largest absolute Gasteiger partial charge is 0.380 e. The number of hydrogen-bond donors (Lipinski definition) is 1. The van der Waals surface area contributed by atoms with E-state index in [2.05, 4.69) is 15.3 Å². The fourth-order valence-corrected chi connectivity index (χ4v) is 2.92. The van der Waals surface area contributed by atoms with Gasteiger partial charge in [0, 0.05) is 29.2 Å². The van der Waals surface area contributed by atoms with E-state index >= 15 is 0 Å². The van der Waals surface area contributed by atoms with Crippen LogP contribution in [0, 0.1) is 12.7 Å². The number of aryl methyl sites for hydroxylation is 1. The van der Waals surface area contributed by atoms with Crippen molar-refractivity contribution in [2.45, 2.75) is 13.5 Å². The molecule has 0 aliphatic carbocycles. The summed E-state index contributed by atoms with van der Waals surface area (Å²) in [7, 11) is 0. The molecule has 0 radical (unpaired) electrons. The Morgan fingerprint density at radius 2 is 2.24 bits per heavy atom. The van der Waals surface area contributed by atoms with Crippen LogP contribution in [0.1, 0.15) is 10.7 Å². The zero-order valence-corrected chi connectivity index (χ0v) is 12.7. The minimum absolute atomic E-state index is 0.302. The van der Waals surface area contributed by atoms with Crippen LogP contribution < -0.4 is 5.32 Å². The standard InChI is InChI=1S/C14H12ClFN4S/c1-9-17-4-5-20(9)13-3-2-10(6-12(13)16)18-7-11-8-19-14(15)21-11/h2-6,8,18H,7H2,1H3. The Labute approximate surface area is 130 Å². The van der Waals surface area contributed by atoms with Crippen molar-refractivity contribution < 1.29 is 4.39 Å². The molecular formula is C14H12ClFN4S. The molecule has 0 saturated heterocycles. The molecule has 108 valence electrons. The molecule has 0 unspecified atom stereocenters. The van der Waals surface area contributed by atoms with Crippen molar-refractivity contribution in [3.8, 4) is 5.69 Å². The number of aromatic nitrogens is 3. The average Bonchev–Trinajstić information content (AvgIpc) is 3.06. The van der Waals surface area contributed by atoms with E-state index < -0.39 is 0 Å². The second-order valence-electron chi connectivity index (χ2n) is 4.44. The number of thiazole rings is 1. The number of nitrogens with one attached hydrogen (secondary N) is 1. The van der Waals surface area contributed by atoms with Crippen molar-refractivity contribution in [3.63, 3.8) is 0 Å². The Kier molecular flexibility index (Phi) is 3.90. The summed E-state index contributed by atoms with van der Waals surface area (Å²) in [6.45, 7) is 2.40. The molecule has 3 rings (SSSR count). The molecule has 0 amide bonds. The highest BCUT2D eigenvalue weighted by Gasteiger charge is 2.08. The van der Waals surface area contributed by atoms with Crippen LogP contribution in [0.3, 0.4) is 0 Å². The molecule has 1 N–H and O–H groups in total. The quantitative estimate of drug-likeness (QED) is 0.788. The van der Waals surface area contributed by atoms with E-state index in [1.54, 1.807) is 29.2 Å². The zero-order valence-electron chi connectivity index (χ0n) is 11.2. The van der Waals surface area contributed by atoms with E-state index in [-0.39, 0.29) is 5.82 Å². The molecule has 0 spiro atoms. The van der Waals surface area contributed by atoms with Crippen LogP contribution in [0.25, 0.3) is 5.69 Å². The van der Waals surface area contributed by atoms with Crippen molar-refractivity contribution in [1.82, 2.24) is 14.5 Å². The fourth-order valence-electron chi connectivity index (χ4n) is 2.00. The van der Waals surface area contributed by atoms with Crippen molar-refractivity contribution in [2.24, 2.45) is 0 Å². The van der Waals surface area contributed by atoms with E-state index in [0.29, 0.717) is 22.4 Å². The van der Waals surface area contributed by atoms with Crippen molar-refractivity contribution in [2.75, 3.05) is 5.32 Å². The third-order valence-corrected chi connectivity index (χ3v) is 4.14. The Morgan fingerprint density at radius 1 is 1.38 bits per heavy atom. The van der Waals surface area contributed by atoms with Crippen molar-refractivity contribution in [3.05, 3.63) is 57.8 Å². The van der Waals surface area contributed by atoms with Crippen LogP contribution >= 0.6 is 22.9 Å². The number of anilines is 1. The number of hydrogen-bond acceptors (Lipinski definition) is 4. The second-order valence-corrected chi connectivity index (χ2v) is 6.14. The van der Waals surface area contributed by atoms with E-state index in [0.717, 1.165) is 10.7 Å². The average molecular weight is 323 g/mol. The van der Waals surface area contributed by atoms with Crippen molar-refractivity contribution in [1.29, 1.82) is 0 Å². The van der Waals surface area contributed by atoms with Gasteiger partial charge in [0.2, 0.25) is 0 Å². The van der Waals surface area contributed by atoms with E-state index in [1.165, 1.54) is 17.4 Å². The predicted octanol–water partition coefficient (Wildman–Crippen LogP) is 4.04. The molecule has 3 aromatic rings. The normalized spacial score (nSPS) is 10.8. The second kappa shape index (κ2) is 5.83. The van der Waals surface area contributed by atoms with Gasteiger partial charge in [-0.05, 0) is 25.1 Å². The number of benzene rings is 1. The topological polar surface area (TPSA) is 42.7 Å². The smallest absolute Gasteiger partial charge is 0.183 e. The summed E-state index contributed by atoms with van der Waals surface area (Å²) >= 11 is 7.17. The molecule has 0 aliphatic heterocycles. The molecule has 0 bridgehead atoms. The minimum Gasteiger partial charge on any atom is -0.380 e. The summed E-state index contributed by atoms with van der Waals surface area (Å²) < 4.78 is 16.4. The van der Waals surface area contributed by atoms with Crippen LogP contribution in [0.15, 0.2) is 36.8 Å². The Balaban J connectivity index is 1.77. The van der Waals surface area contributed by atoms with Crippen LogP contribution in [-0.4, -0.2) is 14.5 Å². The lowest BCUT2D eigenvalue weighted by Gasteiger charge is -2.09. The highest BCUT2D eigenvalue weighted by molar-refractivity contribution is 7.15. The lowest BCUT2D eigenvalue weighted by atomic mass is 10.2. The molecule has 0 atom stereocenters. The Morgan fingerprint density at radius 3 is 2.86 bits per heavy atom. The van der Waals surface area contributed by atoms with E-state index in [1.807, 2.05) is 13.0 Å². The van der Waals surface area contributed by atoms with Crippen LogP contribution in [-0.2, 0) is 6.54 Å². The van der Waals surface area contributed by atoms with Gasteiger partial charge < -0.3 is 9.88 Å². The third kappa shape index (κ3) is 3.06. The number of nitrogens with zero attached hydrogens (tertiary/aromatic N) is 3. The van der Waals surface area contributed by atoms with Crippen LogP contribution in [0.2, 0.25) is 4.47 Å². The molecule has 0 fully saturated rings. The van der Waals surface area contributed by atoms with Gasteiger partial charge in [0.1, 0.15) is 11.6 Å². The first-order valence-electron chi connectivity index (χ1n) is 6.27. The molecule has 7 heteroatoms. The highest BCUT2D eigenvalue weighted by Crippen LogP contribution is 2.22. The number of imidazole rings is 1.